The fourth-order valence-electron chi connectivity index (χ4n) is 10.2. The quantitative estimate of drug-likeness (QED) is 0.135. The van der Waals surface area contributed by atoms with Gasteiger partial charge in [-0.25, -0.2) is 22.9 Å². The number of fused-ring (bicyclic) bond motifs is 2. The Morgan fingerprint density at radius 2 is 1.80 bits per heavy atom. The Hall–Kier alpha value is -5.57. The molecule has 0 radical (unpaired) electrons. The number of nitriles is 1. The molecule has 2 spiro atoms. The Bertz CT molecular complexity index is 2620. The third kappa shape index (κ3) is 7.07. The highest BCUT2D eigenvalue weighted by atomic mass is 32.2. The van der Waals surface area contributed by atoms with E-state index in [4.69, 9.17) is 14.7 Å². The first kappa shape index (κ1) is 39.6. The lowest BCUT2D eigenvalue weighted by Crippen LogP contribution is -2.67. The Labute approximate surface area is 356 Å². The maximum Gasteiger partial charge on any atom is 0.329 e. The van der Waals surface area contributed by atoms with Gasteiger partial charge < -0.3 is 19.3 Å². The van der Waals surface area contributed by atoms with Gasteiger partial charge >= 0.3 is 6.03 Å². The molecule has 3 amide bonds. The van der Waals surface area contributed by atoms with Crippen LogP contribution >= 0.6 is 12.1 Å². The van der Waals surface area contributed by atoms with Crippen LogP contribution < -0.4 is 24.6 Å². The second-order valence-electron chi connectivity index (χ2n) is 17.7. The Morgan fingerprint density at radius 1 is 1.02 bits per heavy atom. The van der Waals surface area contributed by atoms with Crippen molar-refractivity contribution in [2.24, 2.45) is 17.9 Å². The molecule has 5 fully saturated rings. The lowest BCUT2D eigenvalue weighted by Gasteiger charge is -2.63. The summed E-state index contributed by atoms with van der Waals surface area (Å²) < 4.78 is 43.4. The number of urea groups is 1. The number of aromatic nitrogens is 4. The maximum absolute atomic E-state index is 15.7. The summed E-state index contributed by atoms with van der Waals surface area (Å²) in [6.07, 6.45) is 8.82. The number of rotatable bonds is 10. The molecule has 3 saturated heterocycles. The van der Waals surface area contributed by atoms with Crippen LogP contribution in [0, 0.1) is 33.8 Å². The van der Waals surface area contributed by atoms with E-state index in [2.05, 4.69) is 31.0 Å². The molecule has 2 N–H and O–H groups in total. The van der Waals surface area contributed by atoms with Gasteiger partial charge in [0.15, 0.2) is 17.4 Å². The van der Waals surface area contributed by atoms with Crippen molar-refractivity contribution in [3.63, 3.8) is 0 Å². The molecule has 316 valence electrons. The predicted molar refractivity (Wildman–Crippen MR) is 229 cm³/mol. The molecular formula is C44H47F2N11O3S. The lowest BCUT2D eigenvalue weighted by atomic mass is 9.55. The van der Waals surface area contributed by atoms with Crippen molar-refractivity contribution in [2.75, 3.05) is 60.8 Å². The number of carbonyl (C=O) groups is 2. The number of nitrogens with zero attached hydrogens (tertiary/aromatic N) is 9. The first-order valence-electron chi connectivity index (χ1n) is 21.0. The molecule has 5 heterocycles. The van der Waals surface area contributed by atoms with Gasteiger partial charge in [0.1, 0.15) is 23.2 Å². The summed E-state index contributed by atoms with van der Waals surface area (Å²) in [5.74, 6) is -0.337. The zero-order chi connectivity index (χ0) is 42.2. The maximum atomic E-state index is 15.7. The lowest BCUT2D eigenvalue weighted by molar-refractivity contribution is -0.120. The summed E-state index contributed by atoms with van der Waals surface area (Å²) in [4.78, 5) is 40.1. The fraction of sp³-hybridized carbons (Fsp3) is 0.455. The number of amides is 3. The van der Waals surface area contributed by atoms with Gasteiger partial charge in [0.25, 0.3) is 0 Å². The van der Waals surface area contributed by atoms with E-state index >= 15 is 8.78 Å². The van der Waals surface area contributed by atoms with Gasteiger partial charge in [-0.2, -0.15) is 10.4 Å². The van der Waals surface area contributed by atoms with Crippen LogP contribution in [0.2, 0.25) is 0 Å². The van der Waals surface area contributed by atoms with Crippen LogP contribution in [0.1, 0.15) is 69.0 Å². The molecule has 0 bridgehead atoms. The number of anilines is 3. The summed E-state index contributed by atoms with van der Waals surface area (Å²) >= 11 is 1.32. The van der Waals surface area contributed by atoms with Crippen molar-refractivity contribution >= 4 is 63.2 Å². The summed E-state index contributed by atoms with van der Waals surface area (Å²) in [7, 11) is 3.70. The highest BCUT2D eigenvalue weighted by Gasteiger charge is 2.56. The van der Waals surface area contributed by atoms with Crippen LogP contribution in [0.25, 0.3) is 21.9 Å². The number of likely N-dealkylation sites (tertiary alicyclic amines) is 1. The van der Waals surface area contributed by atoms with Crippen molar-refractivity contribution < 1.29 is 23.1 Å². The van der Waals surface area contributed by atoms with Gasteiger partial charge in [0, 0.05) is 86.8 Å². The van der Waals surface area contributed by atoms with Gasteiger partial charge in [0.05, 0.1) is 33.6 Å². The number of ether oxygens (including phenoxy) is 1. The summed E-state index contributed by atoms with van der Waals surface area (Å²) in [6.45, 7) is 6.83. The number of imide groups is 1. The van der Waals surface area contributed by atoms with Gasteiger partial charge in [-0.05, 0) is 100 Å². The van der Waals surface area contributed by atoms with Crippen molar-refractivity contribution in [2.45, 2.75) is 63.8 Å². The number of benzene rings is 3. The minimum atomic E-state index is -0.621. The first-order chi connectivity index (χ1) is 29.4. The van der Waals surface area contributed by atoms with E-state index in [1.165, 1.54) is 48.1 Å². The smallest absolute Gasteiger partial charge is 0.329 e. The van der Waals surface area contributed by atoms with Crippen LogP contribution in [0.3, 0.4) is 0 Å². The summed E-state index contributed by atoms with van der Waals surface area (Å²) in [5, 5.41) is 17.3. The number of hydrogen-bond acceptors (Lipinski definition) is 12. The van der Waals surface area contributed by atoms with E-state index in [1.54, 1.807) is 23.9 Å². The monoisotopic (exact) mass is 847 g/mol. The molecule has 5 aromatic rings. The minimum absolute atomic E-state index is 0.0885. The van der Waals surface area contributed by atoms with Crippen molar-refractivity contribution in [3.05, 3.63) is 71.6 Å². The molecular weight excluding hydrogens is 801 g/mol. The normalized spacial score (nSPS) is 21.1. The molecule has 2 aliphatic carbocycles. The fourth-order valence-corrected chi connectivity index (χ4v) is 10.8. The highest BCUT2D eigenvalue weighted by molar-refractivity contribution is 7.98. The number of piperidine rings is 1. The summed E-state index contributed by atoms with van der Waals surface area (Å²) in [6, 6.07) is 13.6. The second kappa shape index (κ2) is 15.1. The van der Waals surface area contributed by atoms with E-state index in [-0.39, 0.29) is 41.4 Å². The summed E-state index contributed by atoms with van der Waals surface area (Å²) in [5.41, 5.74) is 4.76. The Kier molecular flexibility index (Phi) is 9.79. The number of carbonyl (C=O) groups excluding carboxylic acids is 2. The Balaban J connectivity index is 0.726. The number of nitrogens with one attached hydrogen (secondary N) is 2. The predicted octanol–water partition coefficient (Wildman–Crippen LogP) is 7.46. The molecule has 2 saturated carbocycles. The molecule has 2 aromatic heterocycles. The Morgan fingerprint density at radius 3 is 2.54 bits per heavy atom. The van der Waals surface area contributed by atoms with Crippen LogP contribution in [0.4, 0.5) is 30.8 Å². The number of hydrogen-bond donors (Lipinski definition) is 2. The van der Waals surface area contributed by atoms with Gasteiger partial charge in [0.2, 0.25) is 5.91 Å². The molecule has 14 nitrogen and oxygen atoms in total. The van der Waals surface area contributed by atoms with E-state index in [1.807, 2.05) is 36.6 Å². The molecule has 17 heteroatoms. The van der Waals surface area contributed by atoms with Crippen LogP contribution in [0.5, 0.6) is 11.5 Å². The molecule has 61 heavy (non-hydrogen) atoms. The van der Waals surface area contributed by atoms with Crippen molar-refractivity contribution in [1.29, 1.82) is 5.26 Å². The number of aryl methyl sites for hydroxylation is 1. The second-order valence-corrected chi connectivity index (χ2v) is 18.7. The van der Waals surface area contributed by atoms with Gasteiger partial charge in [-0.1, -0.05) is 6.92 Å². The molecule has 3 aromatic carbocycles. The van der Waals surface area contributed by atoms with Gasteiger partial charge in [-0.15, -0.1) is 0 Å². The first-order valence-corrected chi connectivity index (χ1v) is 21.8. The standard InChI is InChI=1S/C44H47F2N11O3S/c1-4-53(2)61-52-33-8-6-31(45)40(30(33)22-47)60-28-5-7-34-35(15-28)49-36(23-48-34)26-18-43(19-26)10-13-55(14-11-43)27-20-44(21-27)24-56(25-44)38-17-37-29(16-32(38)46)41(51-54(37)3)57-12-9-39(58)50-42(57)59/h5-8,15-17,23,26-27,52H,4,9-14,18-21,24-25H2,1-3H3,(H,50,58,59). The largest absolute Gasteiger partial charge is 0.453 e. The molecule has 10 rings (SSSR count). The average molecular weight is 848 g/mol. The SMILES string of the molecule is CCN(C)SNc1ccc(F)c(Oc2ccc3ncc(C4CC5(CCN(C6CC7(C6)CN(c6cc8c(cc6F)c(N6CCC(=O)NC6=O)nn8C)C7)CC5)C4)nc3c2)c1C#N. The zero-order valence-corrected chi connectivity index (χ0v) is 35.2. The van der Waals surface area contributed by atoms with E-state index in [9.17, 15) is 14.9 Å². The van der Waals surface area contributed by atoms with E-state index in [0.717, 1.165) is 75.1 Å². The van der Waals surface area contributed by atoms with E-state index < -0.39 is 11.8 Å². The van der Waals surface area contributed by atoms with Crippen molar-refractivity contribution in [3.8, 4) is 17.6 Å². The molecule has 3 aliphatic heterocycles. The van der Waals surface area contributed by atoms with Gasteiger partial charge in [-0.3, -0.25) is 24.7 Å². The number of halogens is 2. The third-order valence-electron chi connectivity index (χ3n) is 13.8. The third-order valence-corrected chi connectivity index (χ3v) is 14.7. The topological polar surface area (TPSA) is 148 Å². The molecule has 5 aliphatic rings. The van der Waals surface area contributed by atoms with Crippen LogP contribution in [-0.4, -0.2) is 93.2 Å². The minimum Gasteiger partial charge on any atom is -0.453 e. The molecule has 0 unspecified atom stereocenters. The van der Waals surface area contributed by atoms with Crippen LogP contribution in [0.15, 0.2) is 48.7 Å². The van der Waals surface area contributed by atoms with Crippen molar-refractivity contribution in [1.82, 2.24) is 34.3 Å². The highest BCUT2D eigenvalue weighted by Crippen LogP contribution is 2.58. The van der Waals surface area contributed by atoms with Crippen LogP contribution in [-0.2, 0) is 11.8 Å². The average Bonchev–Trinajstić information content (AvgIpc) is 3.52. The van der Waals surface area contributed by atoms with E-state index in [0.29, 0.717) is 51.2 Å². The zero-order valence-electron chi connectivity index (χ0n) is 34.4. The molecule has 0 atom stereocenters.